The number of hydrogen-bond acceptors (Lipinski definition) is 3. The number of likely N-dealkylation sites (tertiary alicyclic amines) is 2. The van der Waals surface area contributed by atoms with Crippen LogP contribution in [0.3, 0.4) is 0 Å². The molecule has 0 radical (unpaired) electrons. The van der Waals surface area contributed by atoms with Crippen molar-refractivity contribution in [3.63, 3.8) is 0 Å². The van der Waals surface area contributed by atoms with Gasteiger partial charge in [-0.3, -0.25) is 4.79 Å². The van der Waals surface area contributed by atoms with Gasteiger partial charge < -0.3 is 14.5 Å². The molecule has 2 aliphatic rings. The Labute approximate surface area is 145 Å². The maximum Gasteiger partial charge on any atom is 0.254 e. The summed E-state index contributed by atoms with van der Waals surface area (Å²) in [5.74, 6) is 0.780. The first-order valence-corrected chi connectivity index (χ1v) is 8.99. The van der Waals surface area contributed by atoms with Crippen molar-refractivity contribution >= 4 is 5.91 Å². The van der Waals surface area contributed by atoms with Crippen LogP contribution in [0.1, 0.15) is 34.3 Å². The number of amides is 1. The fourth-order valence-corrected chi connectivity index (χ4v) is 4.68. The molecule has 0 aromatic heterocycles. The molecule has 132 valence electrons. The number of piperidine rings is 1. The number of methoxy groups -OCH3 is 1. The summed E-state index contributed by atoms with van der Waals surface area (Å²) in [5.41, 5.74) is 3.47. The van der Waals surface area contributed by atoms with Gasteiger partial charge in [0.1, 0.15) is 0 Å². The number of benzene rings is 1. The third kappa shape index (κ3) is 3.22. The van der Waals surface area contributed by atoms with Crippen molar-refractivity contribution in [2.75, 3.05) is 46.9 Å². The first-order valence-electron chi connectivity index (χ1n) is 8.99. The highest BCUT2D eigenvalue weighted by Gasteiger charge is 2.47. The van der Waals surface area contributed by atoms with E-state index in [4.69, 9.17) is 4.74 Å². The van der Waals surface area contributed by atoms with Gasteiger partial charge in [-0.15, -0.1) is 0 Å². The van der Waals surface area contributed by atoms with E-state index in [2.05, 4.69) is 24.9 Å². The van der Waals surface area contributed by atoms with Crippen LogP contribution in [-0.2, 0) is 4.74 Å². The van der Waals surface area contributed by atoms with E-state index in [9.17, 15) is 4.79 Å². The Kier molecular flexibility index (Phi) is 4.97. The summed E-state index contributed by atoms with van der Waals surface area (Å²) in [6, 6.07) is 6.11. The number of aryl methyl sites for hydroxylation is 2. The van der Waals surface area contributed by atoms with E-state index < -0.39 is 0 Å². The molecule has 2 saturated heterocycles. The summed E-state index contributed by atoms with van der Waals surface area (Å²) in [6.45, 7) is 8.89. The molecule has 2 fully saturated rings. The van der Waals surface area contributed by atoms with Gasteiger partial charge in [-0.1, -0.05) is 17.7 Å². The number of nitrogens with zero attached hydrogens (tertiary/aromatic N) is 2. The molecule has 4 nitrogen and oxygen atoms in total. The van der Waals surface area contributed by atoms with Crippen LogP contribution in [-0.4, -0.2) is 62.7 Å². The Balaban J connectivity index is 1.69. The van der Waals surface area contributed by atoms with E-state index >= 15 is 0 Å². The van der Waals surface area contributed by atoms with Crippen LogP contribution in [0.5, 0.6) is 0 Å². The highest BCUT2D eigenvalue weighted by molar-refractivity contribution is 5.95. The summed E-state index contributed by atoms with van der Waals surface area (Å²) in [6.07, 6.45) is 2.17. The Morgan fingerprint density at radius 1 is 1.29 bits per heavy atom. The van der Waals surface area contributed by atoms with E-state index in [0.717, 1.165) is 56.8 Å². The molecule has 1 aromatic rings. The van der Waals surface area contributed by atoms with Crippen molar-refractivity contribution in [1.82, 2.24) is 9.80 Å². The van der Waals surface area contributed by atoms with E-state index in [-0.39, 0.29) is 5.91 Å². The fraction of sp³-hybridized carbons (Fsp3) is 0.650. The molecule has 0 saturated carbocycles. The molecular weight excluding hydrogens is 300 g/mol. The lowest BCUT2D eigenvalue weighted by atomic mass is 9.71. The lowest BCUT2D eigenvalue weighted by molar-refractivity contribution is 0.0324. The van der Waals surface area contributed by atoms with Gasteiger partial charge in [0.25, 0.3) is 5.91 Å². The standard InChI is InChI=1S/C20H30N2O2/c1-15-5-6-18(16(2)11-15)19(23)22-9-7-20(8-10-22)14-21(3)12-17(20)13-24-4/h5-6,11,17H,7-10,12-14H2,1-4H3. The van der Waals surface area contributed by atoms with Crippen molar-refractivity contribution in [3.8, 4) is 0 Å². The van der Waals surface area contributed by atoms with Crippen molar-refractivity contribution in [2.45, 2.75) is 26.7 Å². The third-order valence-corrected chi connectivity index (χ3v) is 6.01. The molecule has 24 heavy (non-hydrogen) atoms. The summed E-state index contributed by atoms with van der Waals surface area (Å²) >= 11 is 0. The lowest BCUT2D eigenvalue weighted by Gasteiger charge is -2.42. The van der Waals surface area contributed by atoms with Gasteiger partial charge in [-0.25, -0.2) is 0 Å². The molecule has 1 aromatic carbocycles. The predicted octanol–water partition coefficient (Wildman–Crippen LogP) is 2.73. The van der Waals surface area contributed by atoms with Crippen LogP contribution in [0.15, 0.2) is 18.2 Å². The molecule has 2 heterocycles. The summed E-state index contributed by atoms with van der Waals surface area (Å²) in [4.78, 5) is 17.4. The van der Waals surface area contributed by atoms with Crippen LogP contribution in [0, 0.1) is 25.2 Å². The van der Waals surface area contributed by atoms with Crippen LogP contribution in [0.4, 0.5) is 0 Å². The molecular formula is C20H30N2O2. The van der Waals surface area contributed by atoms with Gasteiger partial charge in [0.15, 0.2) is 0 Å². The maximum absolute atomic E-state index is 12.9. The van der Waals surface area contributed by atoms with Crippen LogP contribution >= 0.6 is 0 Å². The second kappa shape index (κ2) is 6.85. The molecule has 0 aliphatic carbocycles. The average Bonchev–Trinajstić information content (AvgIpc) is 2.83. The first kappa shape index (κ1) is 17.4. The molecule has 1 unspecified atom stereocenters. The third-order valence-electron chi connectivity index (χ3n) is 6.01. The topological polar surface area (TPSA) is 32.8 Å². The first-order chi connectivity index (χ1) is 11.4. The Morgan fingerprint density at radius 2 is 2.00 bits per heavy atom. The van der Waals surface area contributed by atoms with E-state index in [1.807, 2.05) is 24.0 Å². The van der Waals surface area contributed by atoms with Crippen molar-refractivity contribution in [2.24, 2.45) is 11.3 Å². The van der Waals surface area contributed by atoms with E-state index in [0.29, 0.717) is 11.3 Å². The fourth-order valence-electron chi connectivity index (χ4n) is 4.68. The van der Waals surface area contributed by atoms with Crippen LogP contribution < -0.4 is 0 Å². The molecule has 0 bridgehead atoms. The highest BCUT2D eigenvalue weighted by Crippen LogP contribution is 2.44. The largest absolute Gasteiger partial charge is 0.384 e. The quantitative estimate of drug-likeness (QED) is 0.854. The van der Waals surface area contributed by atoms with E-state index in [1.165, 1.54) is 5.56 Å². The van der Waals surface area contributed by atoms with Crippen LogP contribution in [0.25, 0.3) is 0 Å². The number of rotatable bonds is 3. The zero-order valence-electron chi connectivity index (χ0n) is 15.5. The van der Waals surface area contributed by atoms with Crippen molar-refractivity contribution in [1.29, 1.82) is 0 Å². The molecule has 4 heteroatoms. The lowest BCUT2D eigenvalue weighted by Crippen LogP contribution is -2.47. The predicted molar refractivity (Wildman–Crippen MR) is 96.3 cm³/mol. The summed E-state index contributed by atoms with van der Waals surface area (Å²) in [7, 11) is 4.00. The smallest absolute Gasteiger partial charge is 0.254 e. The monoisotopic (exact) mass is 330 g/mol. The minimum Gasteiger partial charge on any atom is -0.384 e. The number of carbonyl (C=O) groups excluding carboxylic acids is 1. The van der Waals surface area contributed by atoms with Gasteiger partial charge in [0.05, 0.1) is 6.61 Å². The number of ether oxygens (including phenoxy) is 1. The van der Waals surface area contributed by atoms with Crippen molar-refractivity contribution < 1.29 is 9.53 Å². The molecule has 0 N–H and O–H groups in total. The number of hydrogen-bond donors (Lipinski definition) is 0. The normalized spacial score (nSPS) is 23.8. The van der Waals surface area contributed by atoms with Gasteiger partial charge in [0, 0.05) is 44.8 Å². The van der Waals surface area contributed by atoms with Gasteiger partial charge in [0.2, 0.25) is 0 Å². The molecule has 1 atom stereocenters. The van der Waals surface area contributed by atoms with Gasteiger partial charge in [-0.2, -0.15) is 0 Å². The number of carbonyl (C=O) groups is 1. The summed E-state index contributed by atoms with van der Waals surface area (Å²) < 4.78 is 5.46. The van der Waals surface area contributed by atoms with Crippen LogP contribution in [0.2, 0.25) is 0 Å². The minimum absolute atomic E-state index is 0.192. The van der Waals surface area contributed by atoms with Gasteiger partial charge >= 0.3 is 0 Å². The Morgan fingerprint density at radius 3 is 2.62 bits per heavy atom. The zero-order chi connectivity index (χ0) is 17.3. The Bertz CT molecular complexity index is 606. The minimum atomic E-state index is 0.192. The average molecular weight is 330 g/mol. The molecule has 2 aliphatic heterocycles. The second-order valence-corrected chi connectivity index (χ2v) is 7.82. The zero-order valence-corrected chi connectivity index (χ0v) is 15.5. The molecule has 1 amide bonds. The summed E-state index contributed by atoms with van der Waals surface area (Å²) in [5, 5.41) is 0. The van der Waals surface area contributed by atoms with Gasteiger partial charge in [-0.05, 0) is 50.8 Å². The second-order valence-electron chi connectivity index (χ2n) is 7.82. The maximum atomic E-state index is 12.9. The molecule has 3 rings (SSSR count). The highest BCUT2D eigenvalue weighted by atomic mass is 16.5. The SMILES string of the molecule is COCC1CN(C)CC12CCN(C(=O)c1ccc(C)cc1C)CC2. The van der Waals surface area contributed by atoms with E-state index in [1.54, 1.807) is 7.11 Å². The Hall–Kier alpha value is -1.39. The van der Waals surface area contributed by atoms with Crippen molar-refractivity contribution in [3.05, 3.63) is 34.9 Å². The molecule has 1 spiro atoms.